The summed E-state index contributed by atoms with van der Waals surface area (Å²) in [6, 6.07) is 13.4. The number of hydrogen-bond donors (Lipinski definition) is 1. The number of para-hydroxylation sites is 1. The third-order valence-corrected chi connectivity index (χ3v) is 6.07. The third kappa shape index (κ3) is 6.57. The number of ether oxygens (including phenoxy) is 1. The first-order chi connectivity index (χ1) is 14.3. The van der Waals surface area contributed by atoms with Crippen molar-refractivity contribution in [3.63, 3.8) is 0 Å². The van der Waals surface area contributed by atoms with Crippen LogP contribution < -0.4 is 9.62 Å². The SMILES string of the molecule is CCc1cccc(CC)c1N(CCCC(=O)Nc1cccc(COC)c1)S(C)(=O)=O. The number of carbonyl (C=O) groups excluding carboxylic acids is 1. The predicted molar refractivity (Wildman–Crippen MR) is 122 cm³/mol. The van der Waals surface area contributed by atoms with Gasteiger partial charge in [0.15, 0.2) is 0 Å². The quantitative estimate of drug-likeness (QED) is 0.579. The Labute approximate surface area is 180 Å². The summed E-state index contributed by atoms with van der Waals surface area (Å²) in [4.78, 5) is 12.4. The molecule has 2 aromatic rings. The van der Waals surface area contributed by atoms with Crippen molar-refractivity contribution in [2.45, 2.75) is 46.1 Å². The molecule has 0 radical (unpaired) electrons. The lowest BCUT2D eigenvalue weighted by atomic mass is 10.0. The maximum atomic E-state index is 12.5. The molecule has 0 spiro atoms. The predicted octanol–water partition coefficient (Wildman–Crippen LogP) is 4.14. The van der Waals surface area contributed by atoms with E-state index in [0.29, 0.717) is 18.7 Å². The Morgan fingerprint density at radius 3 is 2.27 bits per heavy atom. The van der Waals surface area contributed by atoms with E-state index in [-0.39, 0.29) is 18.9 Å². The number of carbonyl (C=O) groups is 1. The van der Waals surface area contributed by atoms with Gasteiger partial charge in [0.05, 0.1) is 18.6 Å². The van der Waals surface area contributed by atoms with Crippen LogP contribution >= 0.6 is 0 Å². The Bertz CT molecular complexity index is 935. The Kier molecular flexibility index (Phi) is 8.87. The van der Waals surface area contributed by atoms with Gasteiger partial charge < -0.3 is 10.1 Å². The van der Waals surface area contributed by atoms with Crippen LogP contribution in [0.15, 0.2) is 42.5 Å². The fourth-order valence-electron chi connectivity index (χ4n) is 3.49. The number of amides is 1. The van der Waals surface area contributed by atoms with Crippen LogP contribution in [0.4, 0.5) is 11.4 Å². The van der Waals surface area contributed by atoms with Gasteiger partial charge in [-0.1, -0.05) is 44.2 Å². The fourth-order valence-corrected chi connectivity index (χ4v) is 4.52. The van der Waals surface area contributed by atoms with Crippen molar-refractivity contribution >= 4 is 27.3 Å². The van der Waals surface area contributed by atoms with Gasteiger partial charge in [0, 0.05) is 25.8 Å². The van der Waals surface area contributed by atoms with E-state index in [4.69, 9.17) is 4.74 Å². The minimum atomic E-state index is -3.46. The van der Waals surface area contributed by atoms with Crippen LogP contribution in [-0.4, -0.2) is 34.2 Å². The first-order valence-electron chi connectivity index (χ1n) is 10.3. The van der Waals surface area contributed by atoms with E-state index in [1.165, 1.54) is 10.6 Å². The van der Waals surface area contributed by atoms with Crippen LogP contribution in [-0.2, 0) is 39.0 Å². The van der Waals surface area contributed by atoms with E-state index in [1.807, 2.05) is 56.3 Å². The Balaban J connectivity index is 2.08. The second-order valence-electron chi connectivity index (χ2n) is 7.25. The summed E-state index contributed by atoms with van der Waals surface area (Å²) in [5, 5.41) is 2.88. The molecular formula is C23H32N2O4S. The van der Waals surface area contributed by atoms with Crippen molar-refractivity contribution in [2.75, 3.05) is 29.5 Å². The Morgan fingerprint density at radius 1 is 1.07 bits per heavy atom. The van der Waals surface area contributed by atoms with Crippen molar-refractivity contribution in [3.8, 4) is 0 Å². The van der Waals surface area contributed by atoms with Crippen molar-refractivity contribution in [2.24, 2.45) is 0 Å². The zero-order valence-corrected chi connectivity index (χ0v) is 19.1. The minimum Gasteiger partial charge on any atom is -0.380 e. The average molecular weight is 433 g/mol. The molecule has 0 aliphatic heterocycles. The van der Waals surface area contributed by atoms with Gasteiger partial charge in [-0.3, -0.25) is 9.10 Å². The first-order valence-corrected chi connectivity index (χ1v) is 12.1. The number of sulfonamides is 1. The van der Waals surface area contributed by atoms with Gasteiger partial charge in [-0.05, 0) is 48.1 Å². The lowest BCUT2D eigenvalue weighted by molar-refractivity contribution is -0.116. The first kappa shape index (κ1) is 23.9. The molecule has 164 valence electrons. The molecule has 0 heterocycles. The zero-order chi connectivity index (χ0) is 22.1. The lowest BCUT2D eigenvalue weighted by Gasteiger charge is -2.27. The second-order valence-corrected chi connectivity index (χ2v) is 9.16. The number of aryl methyl sites for hydroxylation is 2. The molecule has 0 unspecified atom stereocenters. The van der Waals surface area contributed by atoms with Crippen LogP contribution in [0.1, 0.15) is 43.4 Å². The van der Waals surface area contributed by atoms with Gasteiger partial charge in [-0.25, -0.2) is 8.42 Å². The summed E-state index contributed by atoms with van der Waals surface area (Å²) in [6.45, 7) is 4.78. The molecule has 0 aliphatic carbocycles. The van der Waals surface area contributed by atoms with Crippen LogP contribution in [0.3, 0.4) is 0 Å². The maximum absolute atomic E-state index is 12.5. The van der Waals surface area contributed by atoms with E-state index in [1.54, 1.807) is 7.11 Å². The highest BCUT2D eigenvalue weighted by atomic mass is 32.2. The molecule has 2 rings (SSSR count). The van der Waals surface area contributed by atoms with Gasteiger partial charge >= 0.3 is 0 Å². The lowest BCUT2D eigenvalue weighted by Crippen LogP contribution is -2.33. The molecule has 30 heavy (non-hydrogen) atoms. The molecule has 1 N–H and O–H groups in total. The topological polar surface area (TPSA) is 75.7 Å². The second kappa shape index (κ2) is 11.1. The number of nitrogens with zero attached hydrogens (tertiary/aromatic N) is 1. The molecule has 7 heteroatoms. The monoisotopic (exact) mass is 432 g/mol. The van der Waals surface area contributed by atoms with Crippen molar-refractivity contribution in [1.29, 1.82) is 0 Å². The number of methoxy groups -OCH3 is 1. The van der Waals surface area contributed by atoms with E-state index in [9.17, 15) is 13.2 Å². The number of hydrogen-bond acceptors (Lipinski definition) is 4. The molecule has 0 saturated heterocycles. The highest BCUT2D eigenvalue weighted by Gasteiger charge is 2.22. The molecule has 0 aromatic heterocycles. The number of rotatable bonds is 11. The van der Waals surface area contributed by atoms with E-state index in [0.717, 1.165) is 35.2 Å². The highest BCUT2D eigenvalue weighted by Crippen LogP contribution is 2.29. The number of nitrogens with one attached hydrogen (secondary N) is 1. The zero-order valence-electron chi connectivity index (χ0n) is 18.3. The van der Waals surface area contributed by atoms with Crippen molar-refractivity contribution in [1.82, 2.24) is 0 Å². The molecule has 1 amide bonds. The average Bonchev–Trinajstić information content (AvgIpc) is 2.70. The van der Waals surface area contributed by atoms with Crippen LogP contribution in [0, 0.1) is 0 Å². The summed E-state index contributed by atoms with van der Waals surface area (Å²) < 4.78 is 31.7. The molecule has 0 atom stereocenters. The van der Waals surface area contributed by atoms with Crippen LogP contribution in [0.2, 0.25) is 0 Å². The van der Waals surface area contributed by atoms with Crippen LogP contribution in [0.25, 0.3) is 0 Å². The third-order valence-electron chi connectivity index (χ3n) is 4.90. The largest absolute Gasteiger partial charge is 0.380 e. The summed E-state index contributed by atoms with van der Waals surface area (Å²) in [5.74, 6) is -0.141. The van der Waals surface area contributed by atoms with Gasteiger partial charge in [-0.2, -0.15) is 0 Å². The number of benzene rings is 2. The van der Waals surface area contributed by atoms with Gasteiger partial charge in [-0.15, -0.1) is 0 Å². The minimum absolute atomic E-state index is 0.141. The van der Waals surface area contributed by atoms with Crippen molar-refractivity contribution < 1.29 is 17.9 Å². The summed E-state index contributed by atoms with van der Waals surface area (Å²) in [5.41, 5.74) is 4.44. The Morgan fingerprint density at radius 2 is 1.70 bits per heavy atom. The smallest absolute Gasteiger partial charge is 0.232 e. The molecule has 6 nitrogen and oxygen atoms in total. The standard InChI is InChI=1S/C23H32N2O4S/c1-5-19-11-8-12-20(6-2)23(19)25(30(4,27)28)15-9-14-22(26)24-21-13-7-10-18(16-21)17-29-3/h7-8,10-13,16H,5-6,9,14-15,17H2,1-4H3,(H,24,26). The van der Waals surface area contributed by atoms with Gasteiger partial charge in [0.25, 0.3) is 0 Å². The maximum Gasteiger partial charge on any atom is 0.232 e. The molecule has 0 saturated carbocycles. The van der Waals surface area contributed by atoms with E-state index >= 15 is 0 Å². The van der Waals surface area contributed by atoms with E-state index in [2.05, 4.69) is 5.32 Å². The molecule has 0 bridgehead atoms. The normalized spacial score (nSPS) is 11.3. The van der Waals surface area contributed by atoms with Crippen molar-refractivity contribution in [3.05, 3.63) is 59.2 Å². The molecule has 0 aliphatic rings. The molecule has 2 aromatic carbocycles. The summed E-state index contributed by atoms with van der Waals surface area (Å²) in [6.07, 6.45) is 3.37. The molecule has 0 fully saturated rings. The van der Waals surface area contributed by atoms with E-state index < -0.39 is 10.0 Å². The summed E-state index contributed by atoms with van der Waals surface area (Å²) in [7, 11) is -1.84. The summed E-state index contributed by atoms with van der Waals surface area (Å²) >= 11 is 0. The highest BCUT2D eigenvalue weighted by molar-refractivity contribution is 7.92. The van der Waals surface area contributed by atoms with Gasteiger partial charge in [0.1, 0.15) is 0 Å². The van der Waals surface area contributed by atoms with Gasteiger partial charge in [0.2, 0.25) is 15.9 Å². The number of anilines is 2. The molecular weight excluding hydrogens is 400 g/mol. The fraction of sp³-hybridized carbons (Fsp3) is 0.435. The van der Waals surface area contributed by atoms with Crippen LogP contribution in [0.5, 0.6) is 0 Å². The Hall–Kier alpha value is -2.38.